The highest BCUT2D eigenvalue weighted by atomic mass is 79.9. The predicted molar refractivity (Wildman–Crippen MR) is 105 cm³/mol. The van der Waals surface area contributed by atoms with Crippen LogP contribution in [0.25, 0.3) is 0 Å². The summed E-state index contributed by atoms with van der Waals surface area (Å²) in [5.41, 5.74) is 0.932. The van der Waals surface area contributed by atoms with Gasteiger partial charge in [-0.3, -0.25) is 19.2 Å². The van der Waals surface area contributed by atoms with Crippen LogP contribution in [0.2, 0.25) is 0 Å². The lowest BCUT2D eigenvalue weighted by atomic mass is 9.84. The van der Waals surface area contributed by atoms with E-state index in [9.17, 15) is 19.2 Å². The average molecular weight is 473 g/mol. The van der Waals surface area contributed by atoms with Crippen molar-refractivity contribution in [3.63, 3.8) is 0 Å². The molecular weight excluding hydrogens is 448 g/mol. The molecule has 0 saturated carbocycles. The zero-order chi connectivity index (χ0) is 22.5. The topological polar surface area (TPSA) is 105 Å². The number of hydrogen-bond donors (Lipinski definition) is 0. The number of benzene rings is 1. The minimum Gasteiger partial charge on any atom is -0.421 e. The number of carbonyl (C=O) groups is 4. The molecule has 0 aliphatic carbocycles. The lowest BCUT2D eigenvalue weighted by molar-refractivity contribution is -0.187. The second-order valence-electron chi connectivity index (χ2n) is 7.32. The first-order chi connectivity index (χ1) is 13.2. The molecule has 0 amide bonds. The first-order valence-electron chi connectivity index (χ1n) is 8.75. The van der Waals surface area contributed by atoms with Crippen LogP contribution in [0.4, 0.5) is 0 Å². The summed E-state index contributed by atoms with van der Waals surface area (Å²) in [7, 11) is 0. The Balaban J connectivity index is 3.73. The van der Waals surface area contributed by atoms with Crippen molar-refractivity contribution in [1.29, 1.82) is 0 Å². The Bertz CT molecular complexity index is 720. The largest absolute Gasteiger partial charge is 0.421 e. The Morgan fingerprint density at radius 2 is 1.00 bits per heavy atom. The van der Waals surface area contributed by atoms with E-state index in [2.05, 4.69) is 15.9 Å². The molecule has 0 fully saturated rings. The molecule has 0 heterocycles. The molecule has 0 bridgehead atoms. The third kappa shape index (κ3) is 7.49. The van der Waals surface area contributed by atoms with Gasteiger partial charge in [-0.15, -0.1) is 0 Å². The molecule has 160 valence electrons. The van der Waals surface area contributed by atoms with Gasteiger partial charge in [-0.25, -0.2) is 0 Å². The van der Waals surface area contributed by atoms with E-state index < -0.39 is 41.9 Å². The van der Waals surface area contributed by atoms with Crippen LogP contribution in [-0.4, -0.2) is 23.9 Å². The Kier molecular flexibility index (Phi) is 8.37. The molecule has 0 saturated heterocycles. The van der Waals surface area contributed by atoms with Gasteiger partial charge < -0.3 is 18.9 Å². The molecular formula is C20H25BrO8. The van der Waals surface area contributed by atoms with Crippen LogP contribution < -0.4 is 0 Å². The second-order valence-corrected chi connectivity index (χ2v) is 8.11. The molecule has 1 rings (SSSR count). The fourth-order valence-corrected chi connectivity index (χ4v) is 2.95. The highest BCUT2D eigenvalue weighted by Crippen LogP contribution is 2.39. The lowest BCUT2D eigenvalue weighted by Gasteiger charge is -2.27. The smallest absolute Gasteiger partial charge is 0.305 e. The van der Waals surface area contributed by atoms with Crippen molar-refractivity contribution >= 4 is 39.8 Å². The van der Waals surface area contributed by atoms with E-state index in [-0.39, 0.29) is 0 Å². The summed E-state index contributed by atoms with van der Waals surface area (Å²) in [5, 5.41) is 0. The summed E-state index contributed by atoms with van der Waals surface area (Å²) in [6.07, 6.45) is -2.70. The molecule has 0 spiro atoms. The molecule has 0 aliphatic heterocycles. The van der Waals surface area contributed by atoms with Gasteiger partial charge in [0.05, 0.1) is 0 Å². The van der Waals surface area contributed by atoms with E-state index in [0.29, 0.717) is 15.6 Å². The van der Waals surface area contributed by atoms with E-state index in [1.54, 1.807) is 12.1 Å². The molecule has 1 aromatic carbocycles. The fraction of sp³-hybridized carbons (Fsp3) is 0.500. The summed E-state index contributed by atoms with van der Waals surface area (Å²) in [6.45, 7) is 10.5. The Hall–Kier alpha value is -2.42. The van der Waals surface area contributed by atoms with Crippen molar-refractivity contribution < 1.29 is 38.1 Å². The van der Waals surface area contributed by atoms with Gasteiger partial charge in [0.2, 0.25) is 0 Å². The van der Waals surface area contributed by atoms with Crippen molar-refractivity contribution in [2.45, 2.75) is 66.5 Å². The summed E-state index contributed by atoms with van der Waals surface area (Å²) >= 11 is 3.38. The predicted octanol–water partition coefficient (Wildman–Crippen LogP) is 4.00. The van der Waals surface area contributed by atoms with Crippen LogP contribution in [0.5, 0.6) is 0 Å². The van der Waals surface area contributed by atoms with Gasteiger partial charge in [0.25, 0.3) is 12.6 Å². The van der Waals surface area contributed by atoms with Gasteiger partial charge >= 0.3 is 23.9 Å². The third-order valence-corrected chi connectivity index (χ3v) is 4.51. The normalized spacial score (nSPS) is 11.2. The molecule has 8 nitrogen and oxygen atoms in total. The Labute approximate surface area is 178 Å². The van der Waals surface area contributed by atoms with Gasteiger partial charge in [0.15, 0.2) is 0 Å². The van der Waals surface area contributed by atoms with Crippen LogP contribution >= 0.6 is 15.9 Å². The number of esters is 4. The maximum Gasteiger partial charge on any atom is 0.305 e. The molecule has 0 atom stereocenters. The third-order valence-electron chi connectivity index (χ3n) is 3.59. The SMILES string of the molecule is CC(=O)OC(OC(C)=O)c1cc(C(C)(C)C)cc(C(OC(C)=O)OC(C)=O)c1Br. The van der Waals surface area contributed by atoms with Crippen molar-refractivity contribution in [3.8, 4) is 0 Å². The Morgan fingerprint density at radius 3 is 1.21 bits per heavy atom. The van der Waals surface area contributed by atoms with Crippen molar-refractivity contribution in [1.82, 2.24) is 0 Å². The molecule has 0 unspecified atom stereocenters. The van der Waals surface area contributed by atoms with Gasteiger partial charge in [-0.2, -0.15) is 0 Å². The Morgan fingerprint density at radius 1 is 0.724 bits per heavy atom. The minimum atomic E-state index is -1.35. The summed E-state index contributed by atoms with van der Waals surface area (Å²) in [6, 6.07) is 3.39. The fourth-order valence-electron chi connectivity index (χ4n) is 2.35. The van der Waals surface area contributed by atoms with Crippen LogP contribution in [0.15, 0.2) is 16.6 Å². The minimum absolute atomic E-state index is 0.294. The highest BCUT2D eigenvalue weighted by molar-refractivity contribution is 9.10. The van der Waals surface area contributed by atoms with Gasteiger partial charge in [0, 0.05) is 43.3 Å². The van der Waals surface area contributed by atoms with Crippen LogP contribution in [0.3, 0.4) is 0 Å². The summed E-state index contributed by atoms with van der Waals surface area (Å²) in [5.74, 6) is -2.66. The van der Waals surface area contributed by atoms with E-state index in [4.69, 9.17) is 18.9 Å². The number of halogens is 1. The first-order valence-corrected chi connectivity index (χ1v) is 9.54. The molecule has 9 heteroatoms. The van der Waals surface area contributed by atoms with Gasteiger partial charge in [-0.05, 0) is 39.0 Å². The van der Waals surface area contributed by atoms with Crippen LogP contribution in [-0.2, 0) is 43.5 Å². The van der Waals surface area contributed by atoms with Crippen molar-refractivity contribution in [3.05, 3.63) is 33.3 Å². The van der Waals surface area contributed by atoms with Crippen molar-refractivity contribution in [2.75, 3.05) is 0 Å². The quantitative estimate of drug-likeness (QED) is 0.451. The van der Waals surface area contributed by atoms with Crippen molar-refractivity contribution in [2.24, 2.45) is 0 Å². The monoisotopic (exact) mass is 472 g/mol. The molecule has 0 aromatic heterocycles. The van der Waals surface area contributed by atoms with E-state index >= 15 is 0 Å². The zero-order valence-corrected chi connectivity index (χ0v) is 19.0. The number of rotatable bonds is 6. The maximum absolute atomic E-state index is 11.5. The van der Waals surface area contributed by atoms with Gasteiger partial charge in [0.1, 0.15) is 0 Å². The average Bonchev–Trinajstić information content (AvgIpc) is 2.50. The zero-order valence-electron chi connectivity index (χ0n) is 17.5. The standard InChI is InChI=1S/C20H25BrO8/c1-10(22)26-18(27-11(2)23)15-8-14(20(5,6)7)9-16(17(15)21)19(28-12(3)24)29-13(4)25/h8-9,18-19H,1-7H3. The summed E-state index contributed by atoms with van der Waals surface area (Å²) < 4.78 is 21.0. The molecule has 1 aromatic rings. The lowest BCUT2D eigenvalue weighted by Crippen LogP contribution is -2.21. The molecule has 0 N–H and O–H groups in total. The van der Waals surface area contributed by atoms with Crippen LogP contribution in [0.1, 0.15) is 77.7 Å². The van der Waals surface area contributed by atoms with Crippen LogP contribution in [0, 0.1) is 0 Å². The van der Waals surface area contributed by atoms with Gasteiger partial charge in [-0.1, -0.05) is 20.8 Å². The molecule has 0 aliphatic rings. The number of hydrogen-bond acceptors (Lipinski definition) is 8. The highest BCUT2D eigenvalue weighted by Gasteiger charge is 2.30. The second kappa shape index (κ2) is 9.87. The summed E-state index contributed by atoms with van der Waals surface area (Å²) in [4.78, 5) is 46.2. The first kappa shape index (κ1) is 24.6. The molecule has 29 heavy (non-hydrogen) atoms. The van der Waals surface area contributed by atoms with E-state index in [0.717, 1.165) is 5.56 Å². The maximum atomic E-state index is 11.5. The van der Waals surface area contributed by atoms with E-state index in [1.807, 2.05) is 20.8 Å². The molecule has 0 radical (unpaired) electrons. The number of ether oxygens (including phenoxy) is 4. The van der Waals surface area contributed by atoms with E-state index in [1.165, 1.54) is 27.7 Å². The number of carbonyl (C=O) groups excluding carboxylic acids is 4.